The van der Waals surface area contributed by atoms with Crippen molar-refractivity contribution in [2.45, 2.75) is 25.9 Å². The van der Waals surface area contributed by atoms with Gasteiger partial charge < -0.3 is 0 Å². The van der Waals surface area contributed by atoms with E-state index in [1.54, 1.807) is 25.5 Å². The zero-order chi connectivity index (χ0) is 15.1. The van der Waals surface area contributed by atoms with E-state index < -0.39 is 10.2 Å². The van der Waals surface area contributed by atoms with Crippen molar-refractivity contribution >= 4 is 10.2 Å². The fourth-order valence-electron chi connectivity index (χ4n) is 1.87. The van der Waals surface area contributed by atoms with E-state index in [9.17, 15) is 8.42 Å². The highest BCUT2D eigenvalue weighted by Crippen LogP contribution is 2.00. The van der Waals surface area contributed by atoms with Crippen molar-refractivity contribution < 1.29 is 8.42 Å². The van der Waals surface area contributed by atoms with Crippen molar-refractivity contribution in [3.8, 4) is 0 Å². The van der Waals surface area contributed by atoms with Crippen LogP contribution >= 0.6 is 0 Å². The molecule has 0 aliphatic rings. The summed E-state index contributed by atoms with van der Waals surface area (Å²) in [6.07, 6.45) is 5.28. The van der Waals surface area contributed by atoms with Crippen LogP contribution in [-0.2, 0) is 23.2 Å². The molecule has 0 unspecified atom stereocenters. The first-order valence-corrected chi connectivity index (χ1v) is 8.09. The van der Waals surface area contributed by atoms with E-state index in [-0.39, 0.29) is 12.6 Å². The van der Waals surface area contributed by atoms with E-state index in [1.807, 2.05) is 30.3 Å². The van der Waals surface area contributed by atoms with Crippen LogP contribution in [-0.4, -0.2) is 24.4 Å². The quantitative estimate of drug-likeness (QED) is 0.800. The highest BCUT2D eigenvalue weighted by Gasteiger charge is 2.14. The van der Waals surface area contributed by atoms with Gasteiger partial charge in [-0.2, -0.15) is 17.9 Å². The maximum atomic E-state index is 11.9. The Balaban J connectivity index is 1.85. The van der Waals surface area contributed by atoms with Gasteiger partial charge in [-0.3, -0.25) is 9.97 Å². The molecule has 0 saturated carbocycles. The average molecular weight is 306 g/mol. The Hall–Kier alpha value is -1.83. The molecule has 6 nitrogen and oxygen atoms in total. The summed E-state index contributed by atoms with van der Waals surface area (Å²) in [5.41, 5.74) is 1.65. The number of rotatable bonds is 7. The molecule has 0 fully saturated rings. The van der Waals surface area contributed by atoms with E-state index in [0.29, 0.717) is 6.42 Å². The Labute approximate surface area is 124 Å². The van der Waals surface area contributed by atoms with Crippen LogP contribution in [0.4, 0.5) is 0 Å². The Morgan fingerprint density at radius 2 is 1.95 bits per heavy atom. The van der Waals surface area contributed by atoms with Crippen LogP contribution in [0, 0.1) is 0 Å². The van der Waals surface area contributed by atoms with Gasteiger partial charge in [-0.25, -0.2) is 0 Å². The summed E-state index contributed by atoms with van der Waals surface area (Å²) < 4.78 is 29.0. The second-order valence-electron chi connectivity index (χ2n) is 4.73. The molecule has 1 aromatic carbocycles. The number of hydrogen-bond acceptors (Lipinski definition) is 4. The van der Waals surface area contributed by atoms with Crippen molar-refractivity contribution in [1.82, 2.24) is 19.4 Å². The maximum Gasteiger partial charge on any atom is 0.277 e. The summed E-state index contributed by atoms with van der Waals surface area (Å²) in [7, 11) is -3.55. The van der Waals surface area contributed by atoms with E-state index in [0.717, 1.165) is 11.3 Å². The zero-order valence-corrected chi connectivity index (χ0v) is 12.5. The molecular weight excluding hydrogens is 288 g/mol. The summed E-state index contributed by atoms with van der Waals surface area (Å²) in [5.74, 6) is 0. The first kappa shape index (κ1) is 15.6. The summed E-state index contributed by atoms with van der Waals surface area (Å²) in [5, 5.41) is 0. The van der Waals surface area contributed by atoms with Gasteiger partial charge in [0.15, 0.2) is 0 Å². The van der Waals surface area contributed by atoms with Gasteiger partial charge in [0.1, 0.15) is 0 Å². The fraction of sp³-hybridized carbons (Fsp3) is 0.286. The molecule has 0 spiro atoms. The normalized spacial score (nSPS) is 13.0. The van der Waals surface area contributed by atoms with Crippen molar-refractivity contribution in [3.63, 3.8) is 0 Å². The minimum absolute atomic E-state index is 0.258. The second-order valence-corrected chi connectivity index (χ2v) is 6.26. The highest BCUT2D eigenvalue weighted by atomic mass is 32.2. The second kappa shape index (κ2) is 7.26. The Bertz CT molecular complexity index is 647. The minimum atomic E-state index is -3.55. The molecule has 0 radical (unpaired) electrons. The Kier molecular flexibility index (Phi) is 5.38. The van der Waals surface area contributed by atoms with Crippen LogP contribution in [0.25, 0.3) is 0 Å². The van der Waals surface area contributed by atoms with Crippen LogP contribution in [0.1, 0.15) is 18.2 Å². The van der Waals surface area contributed by atoms with Gasteiger partial charge in [-0.15, -0.1) is 0 Å². The molecule has 2 aromatic rings. The van der Waals surface area contributed by atoms with Gasteiger partial charge in [0.2, 0.25) is 0 Å². The molecule has 0 saturated heterocycles. The Morgan fingerprint density at radius 1 is 1.19 bits per heavy atom. The molecule has 2 N–H and O–H groups in total. The molecule has 1 atom stereocenters. The highest BCUT2D eigenvalue weighted by molar-refractivity contribution is 7.87. The van der Waals surface area contributed by atoms with Gasteiger partial charge >= 0.3 is 0 Å². The molecule has 7 heteroatoms. The topological polar surface area (TPSA) is 84.0 Å². The number of nitrogens with zero attached hydrogens (tertiary/aromatic N) is 2. The molecule has 1 aromatic heterocycles. The van der Waals surface area contributed by atoms with Crippen molar-refractivity contribution in [3.05, 3.63) is 60.2 Å². The molecule has 0 aliphatic carbocycles. The smallest absolute Gasteiger partial charge is 0.261 e. The Morgan fingerprint density at radius 3 is 2.62 bits per heavy atom. The molecule has 112 valence electrons. The van der Waals surface area contributed by atoms with Gasteiger partial charge in [0.25, 0.3) is 10.2 Å². The summed E-state index contributed by atoms with van der Waals surface area (Å²) in [4.78, 5) is 8.08. The van der Waals surface area contributed by atoms with Crippen LogP contribution in [0.3, 0.4) is 0 Å². The lowest BCUT2D eigenvalue weighted by Gasteiger charge is -2.14. The molecule has 0 aliphatic heterocycles. The predicted octanol–water partition coefficient (Wildman–Crippen LogP) is 1.03. The van der Waals surface area contributed by atoms with Gasteiger partial charge in [0.05, 0.1) is 5.69 Å². The molecule has 0 amide bonds. The first-order valence-electron chi connectivity index (χ1n) is 6.61. The lowest BCUT2D eigenvalue weighted by molar-refractivity contribution is 0.544. The van der Waals surface area contributed by atoms with Crippen molar-refractivity contribution in [1.29, 1.82) is 0 Å². The van der Waals surface area contributed by atoms with Gasteiger partial charge in [-0.05, 0) is 12.5 Å². The summed E-state index contributed by atoms with van der Waals surface area (Å²) in [6.45, 7) is 2.05. The number of benzene rings is 1. The summed E-state index contributed by atoms with van der Waals surface area (Å²) >= 11 is 0. The first-order chi connectivity index (χ1) is 10.1. The molecule has 1 heterocycles. The third-order valence-corrected chi connectivity index (χ3v) is 4.03. The minimum Gasteiger partial charge on any atom is -0.261 e. The van der Waals surface area contributed by atoms with E-state index in [2.05, 4.69) is 19.4 Å². The van der Waals surface area contributed by atoms with Gasteiger partial charge in [0, 0.05) is 37.6 Å². The molecule has 21 heavy (non-hydrogen) atoms. The van der Waals surface area contributed by atoms with Crippen LogP contribution in [0.2, 0.25) is 0 Å². The standard InChI is InChI=1S/C14H18N4O2S/c1-12(9-14-11-15-7-8-16-14)18-21(19,20)17-10-13-5-3-2-4-6-13/h2-8,11-12,17-18H,9-10H2,1H3/t12-/m0/s1. The van der Waals surface area contributed by atoms with E-state index in [4.69, 9.17) is 0 Å². The van der Waals surface area contributed by atoms with Crippen LogP contribution in [0.15, 0.2) is 48.9 Å². The molecular formula is C14H18N4O2S. The van der Waals surface area contributed by atoms with Gasteiger partial charge in [-0.1, -0.05) is 30.3 Å². The SMILES string of the molecule is C[C@@H](Cc1cnccn1)NS(=O)(=O)NCc1ccccc1. The monoisotopic (exact) mass is 306 g/mol. The summed E-state index contributed by atoms with van der Waals surface area (Å²) in [6, 6.07) is 9.09. The third kappa shape index (κ3) is 5.58. The van der Waals surface area contributed by atoms with Crippen LogP contribution < -0.4 is 9.44 Å². The zero-order valence-electron chi connectivity index (χ0n) is 11.7. The number of hydrogen-bond donors (Lipinski definition) is 2. The average Bonchev–Trinajstić information content (AvgIpc) is 2.47. The third-order valence-electron chi connectivity index (χ3n) is 2.80. The fourth-order valence-corrected chi connectivity index (χ4v) is 2.92. The molecule has 0 bridgehead atoms. The number of nitrogens with one attached hydrogen (secondary N) is 2. The van der Waals surface area contributed by atoms with Crippen molar-refractivity contribution in [2.24, 2.45) is 0 Å². The maximum absolute atomic E-state index is 11.9. The largest absolute Gasteiger partial charge is 0.277 e. The number of aromatic nitrogens is 2. The molecule has 2 rings (SSSR count). The van der Waals surface area contributed by atoms with E-state index in [1.165, 1.54) is 0 Å². The predicted molar refractivity (Wildman–Crippen MR) is 80.5 cm³/mol. The lowest BCUT2D eigenvalue weighted by Crippen LogP contribution is -2.42. The lowest BCUT2D eigenvalue weighted by atomic mass is 10.2. The van der Waals surface area contributed by atoms with E-state index >= 15 is 0 Å². The van der Waals surface area contributed by atoms with Crippen LogP contribution in [0.5, 0.6) is 0 Å². The van der Waals surface area contributed by atoms with Crippen molar-refractivity contribution in [2.75, 3.05) is 0 Å².